The molecule has 2 amide bonds. The third-order valence-electron chi connectivity index (χ3n) is 5.95. The average Bonchev–Trinajstić information content (AvgIpc) is 2.99. The number of pyridine rings is 1. The van der Waals surface area contributed by atoms with Gasteiger partial charge < -0.3 is 18.9 Å². The van der Waals surface area contributed by atoms with Crippen LogP contribution in [0.15, 0.2) is 52.7 Å². The Morgan fingerprint density at radius 3 is 1.52 bits per heavy atom. The maximum atomic E-state index is 12.9. The number of nitrogens with zero attached hydrogens (tertiary/aromatic N) is 3. The first-order valence-corrected chi connectivity index (χ1v) is 13.6. The molecule has 0 spiro atoms. The minimum absolute atomic E-state index is 0.208. The maximum absolute atomic E-state index is 12.9. The molecule has 3 rings (SSSR count). The molecular weight excluding hydrogens is 538 g/mol. The van der Waals surface area contributed by atoms with E-state index < -0.39 is 11.8 Å². The average molecular weight is 576 g/mol. The molecule has 11 heteroatoms. The number of aryl methyl sites for hydroxylation is 2. The number of aromatic nitrogens is 1. The van der Waals surface area contributed by atoms with E-state index in [9.17, 15) is 9.59 Å². The van der Waals surface area contributed by atoms with Crippen LogP contribution in [0.1, 0.15) is 69.9 Å². The molecule has 0 radical (unpaired) electrons. The van der Waals surface area contributed by atoms with Gasteiger partial charge in [-0.1, -0.05) is 13.8 Å². The van der Waals surface area contributed by atoms with Gasteiger partial charge in [0, 0.05) is 0 Å². The molecule has 0 aliphatic carbocycles. The maximum Gasteiger partial charge on any atom is 0.273 e. The Kier molecular flexibility index (Phi) is 11.8. The van der Waals surface area contributed by atoms with Crippen LogP contribution in [-0.4, -0.2) is 56.7 Å². The lowest BCUT2D eigenvalue weighted by molar-refractivity contribution is 0.0954. The number of amides is 2. The quantitative estimate of drug-likeness (QED) is 0.208. The fourth-order valence-corrected chi connectivity index (χ4v) is 3.83. The second-order valence-corrected chi connectivity index (χ2v) is 9.17. The second kappa shape index (κ2) is 15.8. The summed E-state index contributed by atoms with van der Waals surface area (Å²) in [5.74, 6) is 1.36. The van der Waals surface area contributed by atoms with Crippen LogP contribution in [-0.2, 0) is 0 Å². The van der Waals surface area contributed by atoms with Crippen LogP contribution in [0.5, 0.6) is 23.0 Å². The zero-order valence-electron chi connectivity index (χ0n) is 24.8. The van der Waals surface area contributed by atoms with E-state index >= 15 is 0 Å². The summed E-state index contributed by atoms with van der Waals surface area (Å²) in [5.41, 5.74) is 7.71. The van der Waals surface area contributed by atoms with Gasteiger partial charge in [-0.3, -0.25) is 14.6 Å². The van der Waals surface area contributed by atoms with E-state index in [0.717, 1.165) is 12.8 Å². The van der Waals surface area contributed by atoms with Crippen molar-refractivity contribution in [3.05, 3.63) is 76.1 Å². The number of benzene rings is 2. The molecule has 1 heterocycles. The Morgan fingerprint density at radius 2 is 1.14 bits per heavy atom. The lowest BCUT2D eigenvalue weighted by atomic mass is 10.1. The molecule has 0 atom stereocenters. The molecule has 3 aromatic rings. The first-order chi connectivity index (χ1) is 20.3. The van der Waals surface area contributed by atoms with Crippen LogP contribution in [0.2, 0.25) is 0 Å². The van der Waals surface area contributed by atoms with Crippen molar-refractivity contribution in [3.63, 3.8) is 0 Å². The van der Waals surface area contributed by atoms with Crippen molar-refractivity contribution in [2.75, 3.05) is 27.4 Å². The third kappa shape index (κ3) is 8.53. The van der Waals surface area contributed by atoms with Crippen molar-refractivity contribution in [1.29, 1.82) is 0 Å². The van der Waals surface area contributed by atoms with Crippen molar-refractivity contribution >= 4 is 24.2 Å². The Labute approximate surface area is 245 Å². The third-order valence-corrected chi connectivity index (χ3v) is 5.95. The number of carbonyl (C=O) groups is 2. The smallest absolute Gasteiger partial charge is 0.273 e. The fourth-order valence-electron chi connectivity index (χ4n) is 3.83. The molecule has 222 valence electrons. The van der Waals surface area contributed by atoms with Gasteiger partial charge >= 0.3 is 0 Å². The lowest BCUT2D eigenvalue weighted by Crippen LogP contribution is -2.23. The topological polar surface area (TPSA) is 133 Å². The summed E-state index contributed by atoms with van der Waals surface area (Å²) in [6.45, 7) is 8.57. The van der Waals surface area contributed by atoms with Crippen LogP contribution in [0.25, 0.3) is 0 Å². The van der Waals surface area contributed by atoms with Crippen LogP contribution < -0.4 is 29.8 Å². The van der Waals surface area contributed by atoms with E-state index in [-0.39, 0.29) is 11.1 Å². The Hall–Kier alpha value is -4.93. The fraction of sp³-hybridized carbons (Fsp3) is 0.323. The molecule has 0 unspecified atom stereocenters. The van der Waals surface area contributed by atoms with E-state index in [0.29, 0.717) is 58.7 Å². The van der Waals surface area contributed by atoms with E-state index in [4.69, 9.17) is 18.9 Å². The largest absolute Gasteiger partial charge is 0.493 e. The molecule has 2 N–H and O–H groups in total. The highest BCUT2D eigenvalue weighted by Crippen LogP contribution is 2.28. The van der Waals surface area contributed by atoms with Crippen LogP contribution in [0.3, 0.4) is 0 Å². The molecule has 0 saturated heterocycles. The molecule has 0 aliphatic rings. The molecule has 0 saturated carbocycles. The number of methoxy groups -OCH3 is 2. The zero-order valence-corrected chi connectivity index (χ0v) is 24.8. The molecule has 42 heavy (non-hydrogen) atoms. The summed E-state index contributed by atoms with van der Waals surface area (Å²) in [5, 5.41) is 8.10. The van der Waals surface area contributed by atoms with E-state index in [2.05, 4.69) is 26.0 Å². The number of nitrogens with one attached hydrogen (secondary N) is 2. The van der Waals surface area contributed by atoms with Crippen LogP contribution >= 0.6 is 0 Å². The highest BCUT2D eigenvalue weighted by Gasteiger charge is 2.17. The summed E-state index contributed by atoms with van der Waals surface area (Å²) < 4.78 is 22.1. The van der Waals surface area contributed by atoms with E-state index in [1.54, 1.807) is 64.5 Å². The standard InChI is InChI=1S/C31H37N5O6/c1-7-13-41-26-11-9-22(15-28(26)39-5)18-32-35-30(37)24-17-25(21(4)34-20(24)3)31(38)36-33-19-23-10-12-27(42-14-8-2)29(16-23)40-6/h9-12,15-19H,7-8,13-14H2,1-6H3,(H,35,37)(H,36,38)/b32-18+,33-19+. The van der Waals surface area contributed by atoms with E-state index in [1.165, 1.54) is 18.5 Å². The van der Waals surface area contributed by atoms with Gasteiger partial charge in [0.1, 0.15) is 0 Å². The van der Waals surface area contributed by atoms with Gasteiger partial charge in [-0.05, 0) is 80.3 Å². The molecule has 2 aromatic carbocycles. The number of hydrogen-bond acceptors (Lipinski definition) is 9. The van der Waals surface area contributed by atoms with Crippen molar-refractivity contribution < 1.29 is 28.5 Å². The van der Waals surface area contributed by atoms with Crippen LogP contribution in [0.4, 0.5) is 0 Å². The first kappa shape index (κ1) is 31.6. The van der Waals surface area contributed by atoms with Crippen molar-refractivity contribution in [2.24, 2.45) is 10.2 Å². The minimum atomic E-state index is -0.513. The van der Waals surface area contributed by atoms with Crippen LogP contribution in [0, 0.1) is 13.8 Å². The normalized spacial score (nSPS) is 11.0. The number of hydrogen-bond donors (Lipinski definition) is 2. The van der Waals surface area contributed by atoms with Gasteiger partial charge in [0.25, 0.3) is 11.8 Å². The van der Waals surface area contributed by atoms with E-state index in [1.807, 2.05) is 13.8 Å². The highest BCUT2D eigenvalue weighted by atomic mass is 16.5. The van der Waals surface area contributed by atoms with Gasteiger partial charge in [-0.15, -0.1) is 0 Å². The monoisotopic (exact) mass is 575 g/mol. The molecule has 1 aromatic heterocycles. The summed E-state index contributed by atoms with van der Waals surface area (Å²) in [7, 11) is 3.11. The number of carbonyl (C=O) groups excluding carboxylic acids is 2. The summed E-state index contributed by atoms with van der Waals surface area (Å²) >= 11 is 0. The van der Waals surface area contributed by atoms with Crippen molar-refractivity contribution in [2.45, 2.75) is 40.5 Å². The van der Waals surface area contributed by atoms with Gasteiger partial charge in [0.05, 0.1) is 62.4 Å². The van der Waals surface area contributed by atoms with Crippen molar-refractivity contribution in [1.82, 2.24) is 15.8 Å². The molecule has 11 nitrogen and oxygen atoms in total. The number of rotatable bonds is 14. The first-order valence-electron chi connectivity index (χ1n) is 13.6. The number of ether oxygens (including phenoxy) is 4. The lowest BCUT2D eigenvalue weighted by Gasteiger charge is -2.11. The molecule has 0 fully saturated rings. The Balaban J connectivity index is 1.68. The predicted molar refractivity (Wildman–Crippen MR) is 161 cm³/mol. The zero-order chi connectivity index (χ0) is 30.5. The summed E-state index contributed by atoms with van der Waals surface area (Å²) in [6.07, 6.45) is 4.73. The minimum Gasteiger partial charge on any atom is -0.493 e. The molecule has 0 aliphatic heterocycles. The Morgan fingerprint density at radius 1 is 0.714 bits per heavy atom. The number of hydrazone groups is 2. The second-order valence-electron chi connectivity index (χ2n) is 9.17. The summed E-state index contributed by atoms with van der Waals surface area (Å²) in [4.78, 5) is 30.2. The SMILES string of the molecule is CCCOc1ccc(/C=N/NC(=O)c2cc(C(=O)N/N=C/c3ccc(OCCC)c(OC)c3)c(C)nc2C)cc1OC. The van der Waals surface area contributed by atoms with Gasteiger partial charge in [-0.25, -0.2) is 10.9 Å². The van der Waals surface area contributed by atoms with Gasteiger partial charge in [0.2, 0.25) is 0 Å². The predicted octanol–water partition coefficient (Wildman–Crippen LogP) is 4.82. The van der Waals surface area contributed by atoms with Gasteiger partial charge in [-0.2, -0.15) is 10.2 Å². The molecule has 0 bridgehead atoms. The highest BCUT2D eigenvalue weighted by molar-refractivity contribution is 6.01. The van der Waals surface area contributed by atoms with Crippen molar-refractivity contribution in [3.8, 4) is 23.0 Å². The van der Waals surface area contributed by atoms with Gasteiger partial charge in [0.15, 0.2) is 23.0 Å². The Bertz CT molecular complexity index is 1350. The molecular formula is C31H37N5O6. The summed E-state index contributed by atoms with van der Waals surface area (Å²) in [6, 6.07) is 12.2.